The molecule has 1 unspecified atom stereocenters. The molecule has 0 saturated carbocycles. The zero-order chi connectivity index (χ0) is 29.1. The van der Waals surface area contributed by atoms with Crippen LogP contribution in [0.4, 0.5) is 43.9 Å². The van der Waals surface area contributed by atoms with Crippen molar-refractivity contribution in [1.82, 2.24) is 4.90 Å². The first-order chi connectivity index (χ1) is 16.5. The summed E-state index contributed by atoms with van der Waals surface area (Å²) in [5.74, 6) is -15.2. The van der Waals surface area contributed by atoms with Crippen LogP contribution in [-0.4, -0.2) is 92.0 Å². The van der Waals surface area contributed by atoms with Crippen molar-refractivity contribution >= 4 is 22.0 Å². The Hall–Kier alpha value is -2.19. The van der Waals surface area contributed by atoms with Crippen LogP contribution in [0, 0.1) is 0 Å². The molecule has 0 radical (unpaired) electrons. The van der Waals surface area contributed by atoms with E-state index in [0.29, 0.717) is 4.90 Å². The smallest absolute Gasteiger partial charge is 0.466 e. The number of amides is 1. The van der Waals surface area contributed by atoms with E-state index in [-0.39, 0.29) is 13.2 Å². The molecule has 1 amide bonds. The molecule has 1 atom stereocenters. The molecule has 1 rings (SSSR count). The van der Waals surface area contributed by atoms with Gasteiger partial charge in [0, 0.05) is 19.5 Å². The first-order valence-corrected chi connectivity index (χ1v) is 11.2. The lowest BCUT2D eigenvalue weighted by molar-refractivity contribution is -0.351. The fourth-order valence-corrected chi connectivity index (χ4v) is 3.14. The number of unbranched alkanes of at least 4 members (excludes halogenated alkanes) is 1. The van der Waals surface area contributed by atoms with Crippen LogP contribution in [0.5, 0.6) is 0 Å². The highest BCUT2D eigenvalue weighted by atomic mass is 32.2. The maximum Gasteiger partial charge on any atom is 0.466 e. The topological polar surface area (TPSA) is 122 Å². The molecule has 0 aromatic rings. The summed E-state index contributed by atoms with van der Waals surface area (Å²) in [6.07, 6.45) is -16.0. The normalized spacial score (nSPS) is 17.8. The minimum absolute atomic E-state index is 0.325. The van der Waals surface area contributed by atoms with E-state index in [1.807, 2.05) is 0 Å². The lowest BCUT2D eigenvalue weighted by atomic mass is 10.1. The number of carbonyl (C=O) groups excluding carboxylic acids is 2. The molecule has 20 heteroatoms. The number of hydrogen-bond acceptors (Lipinski definition) is 8. The van der Waals surface area contributed by atoms with E-state index in [2.05, 4.69) is 16.1 Å². The monoisotopic (exact) mass is 586 g/mol. The van der Waals surface area contributed by atoms with Gasteiger partial charge in [0.1, 0.15) is 5.57 Å². The van der Waals surface area contributed by atoms with Gasteiger partial charge in [-0.1, -0.05) is 6.58 Å². The lowest BCUT2D eigenvalue weighted by Gasteiger charge is -2.38. The number of nitrogens with zero attached hydrogens (tertiary/aromatic N) is 1. The Balaban J connectivity index is 3.17. The number of morpholine rings is 1. The fraction of sp³-hybridized carbons (Fsp3) is 0.765. The zero-order valence-corrected chi connectivity index (χ0v) is 19.1. The van der Waals surface area contributed by atoms with Gasteiger partial charge in [0.05, 0.1) is 19.8 Å². The third-order valence-electron chi connectivity index (χ3n) is 4.71. The molecule has 0 aliphatic carbocycles. The van der Waals surface area contributed by atoms with E-state index in [1.165, 1.54) is 0 Å². The number of hydrogen-bond donors (Lipinski definition) is 0. The number of carbonyl (C=O) groups is 2. The summed E-state index contributed by atoms with van der Waals surface area (Å²) in [6, 6.07) is 0. The first kappa shape index (κ1) is 32.8. The van der Waals surface area contributed by atoms with Crippen LogP contribution in [0.1, 0.15) is 19.3 Å². The second-order valence-electron chi connectivity index (χ2n) is 7.37. The Morgan fingerprint density at radius 1 is 0.946 bits per heavy atom. The Bertz CT molecular complexity index is 960. The van der Waals surface area contributed by atoms with E-state index < -0.39 is 95.8 Å². The third kappa shape index (κ3) is 7.44. The van der Waals surface area contributed by atoms with Crippen LogP contribution in [0.25, 0.3) is 0 Å². The molecule has 216 valence electrons. The number of ether oxygens (including phenoxy) is 3. The van der Waals surface area contributed by atoms with Gasteiger partial charge < -0.3 is 23.7 Å². The molecule has 0 aromatic heterocycles. The van der Waals surface area contributed by atoms with Crippen LogP contribution < -0.4 is 0 Å². The van der Waals surface area contributed by atoms with Crippen LogP contribution >= 0.6 is 0 Å². The summed E-state index contributed by atoms with van der Waals surface area (Å²) < 4.78 is 177. The number of esters is 1. The van der Waals surface area contributed by atoms with Gasteiger partial charge in [0.15, 0.2) is 10.1 Å². The SMILES string of the molecule is C=C(C(=O)OC(OCCCCC(F)(F)C(F)(F)S(=O)(=O)[O-])(C(=O)N1CCOCC1)C(F)(F)F)C(F)(F)F. The number of alkyl halides is 10. The van der Waals surface area contributed by atoms with Crippen molar-refractivity contribution in [1.29, 1.82) is 0 Å². The highest BCUT2D eigenvalue weighted by Gasteiger charge is 2.68. The molecule has 1 saturated heterocycles. The Morgan fingerprint density at radius 3 is 1.89 bits per heavy atom. The molecule has 9 nitrogen and oxygen atoms in total. The first-order valence-electron chi connectivity index (χ1n) is 9.79. The molecule has 1 heterocycles. The molecule has 0 bridgehead atoms. The minimum Gasteiger partial charge on any atom is -0.743 e. The van der Waals surface area contributed by atoms with Gasteiger partial charge in [-0.25, -0.2) is 13.2 Å². The highest BCUT2D eigenvalue weighted by Crippen LogP contribution is 2.42. The Labute approximate surface area is 202 Å². The van der Waals surface area contributed by atoms with Gasteiger partial charge in [-0.05, 0) is 12.8 Å². The molecule has 1 aliphatic rings. The summed E-state index contributed by atoms with van der Waals surface area (Å²) in [5, 5.41) is -6.07. The molecule has 1 aliphatic heterocycles. The average Bonchev–Trinajstić information content (AvgIpc) is 2.75. The molecule has 37 heavy (non-hydrogen) atoms. The van der Waals surface area contributed by atoms with E-state index in [0.717, 1.165) is 0 Å². The lowest BCUT2D eigenvalue weighted by Crippen LogP contribution is -2.63. The summed E-state index contributed by atoms with van der Waals surface area (Å²) >= 11 is 0. The highest BCUT2D eigenvalue weighted by molar-refractivity contribution is 7.86. The van der Waals surface area contributed by atoms with Gasteiger partial charge in [0.25, 0.3) is 0 Å². The van der Waals surface area contributed by atoms with E-state index >= 15 is 0 Å². The molecular formula is C17H18F10NO8S-. The van der Waals surface area contributed by atoms with Crippen molar-refractivity contribution < 1.29 is 80.7 Å². The predicted octanol–water partition coefficient (Wildman–Crippen LogP) is 2.73. The quantitative estimate of drug-likeness (QED) is 0.0905. The van der Waals surface area contributed by atoms with Crippen molar-refractivity contribution in [2.45, 2.75) is 48.6 Å². The van der Waals surface area contributed by atoms with E-state index in [1.54, 1.807) is 0 Å². The van der Waals surface area contributed by atoms with Crippen LogP contribution in [0.15, 0.2) is 12.2 Å². The second-order valence-corrected chi connectivity index (χ2v) is 8.79. The largest absolute Gasteiger partial charge is 0.743 e. The van der Waals surface area contributed by atoms with Crippen molar-refractivity contribution in [3.63, 3.8) is 0 Å². The van der Waals surface area contributed by atoms with Crippen molar-refractivity contribution in [2.24, 2.45) is 0 Å². The second kappa shape index (κ2) is 11.3. The van der Waals surface area contributed by atoms with Gasteiger partial charge in [-0.3, -0.25) is 4.79 Å². The van der Waals surface area contributed by atoms with Gasteiger partial charge >= 0.3 is 41.2 Å². The summed E-state index contributed by atoms with van der Waals surface area (Å²) in [6.45, 7) is -1.00. The predicted molar refractivity (Wildman–Crippen MR) is 96.9 cm³/mol. The van der Waals surface area contributed by atoms with Gasteiger partial charge in [-0.15, -0.1) is 0 Å². The number of halogens is 10. The zero-order valence-electron chi connectivity index (χ0n) is 18.3. The fourth-order valence-electron chi connectivity index (χ4n) is 2.67. The van der Waals surface area contributed by atoms with Crippen molar-refractivity contribution in [3.8, 4) is 0 Å². The summed E-state index contributed by atoms with van der Waals surface area (Å²) in [5.41, 5.74) is -2.46. The molecule has 0 N–H and O–H groups in total. The molecular weight excluding hydrogens is 568 g/mol. The average molecular weight is 586 g/mol. The van der Waals surface area contributed by atoms with E-state index in [4.69, 9.17) is 4.74 Å². The Kier molecular flexibility index (Phi) is 10.0. The molecule has 0 spiro atoms. The van der Waals surface area contributed by atoms with Gasteiger partial charge in [-0.2, -0.15) is 43.9 Å². The Morgan fingerprint density at radius 2 is 1.46 bits per heavy atom. The van der Waals surface area contributed by atoms with E-state index in [9.17, 15) is 66.5 Å². The van der Waals surface area contributed by atoms with Crippen molar-refractivity contribution in [2.75, 3.05) is 32.9 Å². The van der Waals surface area contributed by atoms with Crippen LogP contribution in [0.2, 0.25) is 0 Å². The van der Waals surface area contributed by atoms with Crippen molar-refractivity contribution in [3.05, 3.63) is 12.2 Å². The maximum atomic E-state index is 14.0. The van der Waals surface area contributed by atoms with Crippen LogP contribution in [0.3, 0.4) is 0 Å². The van der Waals surface area contributed by atoms with Crippen LogP contribution in [-0.2, 0) is 33.9 Å². The van der Waals surface area contributed by atoms with Gasteiger partial charge in [0.2, 0.25) is 0 Å². The standard InChI is InChI=1S/C17H19F10NO8S/c1-10(15(20,21)22)11(29)36-14(16(23,24)25,12(30)28-5-8-34-9-6-28)35-7-3-2-4-13(18,19)17(26,27)37(31,32)33/h1-9H2,(H,31,32,33)/p-1. The minimum atomic E-state index is -6.83. The maximum absolute atomic E-state index is 14.0. The molecule has 1 fully saturated rings. The third-order valence-corrected chi connectivity index (χ3v) is 5.63. The number of rotatable bonds is 11. The summed E-state index contributed by atoms with van der Waals surface area (Å²) in [7, 11) is -6.83. The molecule has 0 aromatic carbocycles. The summed E-state index contributed by atoms with van der Waals surface area (Å²) in [4.78, 5) is 24.8.